The number of amides is 2. The zero-order chi connectivity index (χ0) is 24.7. The predicted molar refractivity (Wildman–Crippen MR) is 111 cm³/mol. The third-order valence-electron chi connectivity index (χ3n) is 5.66. The quantitative estimate of drug-likeness (QED) is 0.458. The fraction of sp³-hybridized carbons (Fsp3) is 0.381. The lowest BCUT2D eigenvalue weighted by atomic mass is 9.97. The predicted octanol–water partition coefficient (Wildman–Crippen LogP) is 4.95. The molecule has 3 N–H and O–H groups in total. The van der Waals surface area contributed by atoms with E-state index in [1.807, 2.05) is 11.9 Å². The third-order valence-corrected chi connectivity index (χ3v) is 5.66. The molecule has 0 bridgehead atoms. The average molecular weight is 486 g/mol. The van der Waals surface area contributed by atoms with Gasteiger partial charge in [-0.2, -0.15) is 26.3 Å². The minimum atomic E-state index is -4.57. The molecule has 1 aromatic carbocycles. The van der Waals surface area contributed by atoms with Crippen LogP contribution in [0.4, 0.5) is 36.8 Å². The maximum atomic E-state index is 13.0. The molecule has 0 spiro atoms. The Labute approximate surface area is 189 Å². The van der Waals surface area contributed by atoms with Crippen LogP contribution in [-0.4, -0.2) is 45.5 Å². The van der Waals surface area contributed by atoms with Crippen LogP contribution >= 0.6 is 0 Å². The van der Waals surface area contributed by atoms with Crippen LogP contribution in [0.25, 0.3) is 11.0 Å². The Hall–Kier alpha value is -3.35. The summed E-state index contributed by atoms with van der Waals surface area (Å²) in [5, 5.41) is 5.23. The topological polar surface area (TPSA) is 85.9 Å². The van der Waals surface area contributed by atoms with Crippen LogP contribution in [-0.2, 0) is 12.4 Å². The molecular weight excluding hydrogens is 466 g/mol. The molecular formula is C21H20F6N6O. The van der Waals surface area contributed by atoms with Gasteiger partial charge in [0.1, 0.15) is 11.5 Å². The van der Waals surface area contributed by atoms with Gasteiger partial charge in [0.05, 0.1) is 34.5 Å². The number of anilines is 1. The molecule has 2 amide bonds. The number of hydrogen-bond donors (Lipinski definition) is 3. The number of urea groups is 1. The van der Waals surface area contributed by atoms with Crippen molar-refractivity contribution >= 4 is 22.8 Å². The normalized spacial score (nSPS) is 19.9. The number of fused-ring (bicyclic) bond motifs is 1. The van der Waals surface area contributed by atoms with Gasteiger partial charge in [-0.3, -0.25) is 4.90 Å². The minimum absolute atomic E-state index is 0.104. The van der Waals surface area contributed by atoms with Gasteiger partial charge >= 0.3 is 18.4 Å². The van der Waals surface area contributed by atoms with Crippen molar-refractivity contribution < 1.29 is 31.1 Å². The number of alkyl halides is 6. The molecule has 0 aliphatic carbocycles. The molecule has 3 heterocycles. The van der Waals surface area contributed by atoms with Gasteiger partial charge in [0.2, 0.25) is 0 Å². The molecule has 1 saturated heterocycles. The molecule has 2 aromatic heterocycles. The summed E-state index contributed by atoms with van der Waals surface area (Å²) < 4.78 is 76.8. The number of imidazole rings is 1. The summed E-state index contributed by atoms with van der Waals surface area (Å²) in [7, 11) is 1.85. The average Bonchev–Trinajstić information content (AvgIpc) is 3.17. The Morgan fingerprint density at radius 2 is 1.88 bits per heavy atom. The monoisotopic (exact) mass is 486 g/mol. The molecule has 1 aliphatic heterocycles. The van der Waals surface area contributed by atoms with E-state index in [2.05, 4.69) is 25.6 Å². The summed E-state index contributed by atoms with van der Waals surface area (Å²) in [5.74, 6) is 0.482. The van der Waals surface area contributed by atoms with Gasteiger partial charge in [-0.1, -0.05) is 0 Å². The number of aromatic nitrogens is 3. The van der Waals surface area contributed by atoms with Gasteiger partial charge in [0.15, 0.2) is 0 Å². The van der Waals surface area contributed by atoms with Crippen LogP contribution in [0.3, 0.4) is 0 Å². The highest BCUT2D eigenvalue weighted by Crippen LogP contribution is 2.33. The van der Waals surface area contributed by atoms with E-state index in [0.29, 0.717) is 30.7 Å². The van der Waals surface area contributed by atoms with E-state index in [-0.39, 0.29) is 23.3 Å². The first-order valence-electron chi connectivity index (χ1n) is 10.3. The van der Waals surface area contributed by atoms with Gasteiger partial charge in [-0.25, -0.2) is 14.8 Å². The SMILES string of the molecule is CN1CCC(NC(=O)Nc2ccc(C(F)(F)F)nc2)CC1c1nc2ccc(C(F)(F)F)cc2[nH]1. The zero-order valence-corrected chi connectivity index (χ0v) is 17.8. The number of carbonyl (C=O) groups excluding carboxylic acids is 1. The van der Waals surface area contributed by atoms with Crippen molar-refractivity contribution in [2.45, 2.75) is 37.3 Å². The number of nitrogens with zero attached hydrogens (tertiary/aromatic N) is 3. The summed E-state index contributed by atoms with van der Waals surface area (Å²) in [5.41, 5.74) is -1.07. The van der Waals surface area contributed by atoms with E-state index < -0.39 is 29.6 Å². The Kier molecular flexibility index (Phi) is 6.14. The lowest BCUT2D eigenvalue weighted by Crippen LogP contribution is -2.46. The molecule has 4 rings (SSSR count). The number of aromatic amines is 1. The standard InChI is InChI=1S/C21H20F6N6O/c1-33-7-6-12(29-19(34)30-13-3-5-17(28-10-13)21(25,26)27)9-16(33)18-31-14-4-2-11(20(22,23)24)8-15(14)32-18/h2-5,8,10,12,16H,6-7,9H2,1H3,(H,31,32)(H2,29,30,34). The second kappa shape index (κ2) is 8.78. The number of pyridine rings is 1. The molecule has 0 saturated carbocycles. The van der Waals surface area contributed by atoms with E-state index >= 15 is 0 Å². The van der Waals surface area contributed by atoms with Crippen LogP contribution in [0.2, 0.25) is 0 Å². The van der Waals surface area contributed by atoms with Crippen LogP contribution in [0.5, 0.6) is 0 Å². The highest BCUT2D eigenvalue weighted by atomic mass is 19.4. The maximum Gasteiger partial charge on any atom is 0.433 e. The molecule has 0 radical (unpaired) electrons. The highest BCUT2D eigenvalue weighted by Gasteiger charge is 2.33. The Bertz CT molecular complexity index is 1170. The number of H-pyrrole nitrogens is 1. The fourth-order valence-corrected chi connectivity index (χ4v) is 3.89. The van der Waals surface area contributed by atoms with Crippen molar-refractivity contribution in [1.29, 1.82) is 0 Å². The second-order valence-electron chi connectivity index (χ2n) is 8.10. The van der Waals surface area contributed by atoms with Gasteiger partial charge in [-0.15, -0.1) is 0 Å². The molecule has 3 aromatic rings. The van der Waals surface area contributed by atoms with Gasteiger partial charge in [-0.05, 0) is 50.2 Å². The fourth-order valence-electron chi connectivity index (χ4n) is 3.89. The number of hydrogen-bond acceptors (Lipinski definition) is 4. The van der Waals surface area contributed by atoms with Crippen molar-refractivity contribution in [3.8, 4) is 0 Å². The molecule has 182 valence electrons. The van der Waals surface area contributed by atoms with Gasteiger partial charge < -0.3 is 15.6 Å². The summed E-state index contributed by atoms with van der Waals surface area (Å²) in [6, 6.07) is 4.00. The molecule has 1 fully saturated rings. The highest BCUT2D eigenvalue weighted by molar-refractivity contribution is 5.89. The Balaban J connectivity index is 1.42. The summed E-state index contributed by atoms with van der Waals surface area (Å²) in [6.07, 6.45) is -7.09. The lowest BCUT2D eigenvalue weighted by Gasteiger charge is -2.36. The van der Waals surface area contributed by atoms with Crippen molar-refractivity contribution in [2.24, 2.45) is 0 Å². The van der Waals surface area contributed by atoms with Crippen molar-refractivity contribution in [2.75, 3.05) is 18.9 Å². The first-order chi connectivity index (χ1) is 15.9. The summed E-state index contributed by atoms with van der Waals surface area (Å²) in [4.78, 5) is 25.0. The number of carbonyl (C=O) groups is 1. The number of halogens is 6. The first kappa shape index (κ1) is 23.8. The number of piperidine rings is 1. The van der Waals surface area contributed by atoms with E-state index in [9.17, 15) is 31.1 Å². The molecule has 2 unspecified atom stereocenters. The number of rotatable bonds is 3. The lowest BCUT2D eigenvalue weighted by molar-refractivity contribution is -0.141. The second-order valence-corrected chi connectivity index (χ2v) is 8.10. The van der Waals surface area contributed by atoms with Crippen molar-refractivity contribution in [3.63, 3.8) is 0 Å². The van der Waals surface area contributed by atoms with Crippen LogP contribution in [0.1, 0.15) is 36.0 Å². The molecule has 34 heavy (non-hydrogen) atoms. The van der Waals surface area contributed by atoms with E-state index in [0.717, 1.165) is 30.5 Å². The molecule has 2 atom stereocenters. The van der Waals surface area contributed by atoms with Gasteiger partial charge in [0.25, 0.3) is 0 Å². The van der Waals surface area contributed by atoms with Crippen LogP contribution < -0.4 is 10.6 Å². The summed E-state index contributed by atoms with van der Waals surface area (Å²) in [6.45, 7) is 0.586. The van der Waals surface area contributed by atoms with Crippen LogP contribution in [0.15, 0.2) is 36.5 Å². The first-order valence-corrected chi connectivity index (χ1v) is 10.3. The molecule has 7 nitrogen and oxygen atoms in total. The van der Waals surface area contributed by atoms with Crippen molar-refractivity contribution in [3.05, 3.63) is 53.6 Å². The number of nitrogens with one attached hydrogen (secondary N) is 3. The molecule has 1 aliphatic rings. The number of likely N-dealkylation sites (tertiary alicyclic amines) is 1. The van der Waals surface area contributed by atoms with Gasteiger partial charge in [0, 0.05) is 12.6 Å². The van der Waals surface area contributed by atoms with Crippen molar-refractivity contribution in [1.82, 2.24) is 25.2 Å². The van der Waals surface area contributed by atoms with Crippen LogP contribution in [0, 0.1) is 0 Å². The third kappa shape index (κ3) is 5.24. The smallest absolute Gasteiger partial charge is 0.341 e. The number of benzene rings is 1. The Morgan fingerprint density at radius 1 is 1.12 bits per heavy atom. The van der Waals surface area contributed by atoms with E-state index in [1.54, 1.807) is 0 Å². The van der Waals surface area contributed by atoms with E-state index in [1.165, 1.54) is 6.07 Å². The largest absolute Gasteiger partial charge is 0.433 e. The van der Waals surface area contributed by atoms with E-state index in [4.69, 9.17) is 0 Å². The zero-order valence-electron chi connectivity index (χ0n) is 17.8. The Morgan fingerprint density at radius 3 is 2.53 bits per heavy atom. The minimum Gasteiger partial charge on any atom is -0.341 e. The maximum absolute atomic E-state index is 13.0. The summed E-state index contributed by atoms with van der Waals surface area (Å²) >= 11 is 0. The molecule has 13 heteroatoms.